The molecule has 1 fully saturated rings. The Morgan fingerprint density at radius 2 is 2.19 bits per heavy atom. The molecule has 1 aromatic heterocycles. The number of aromatic nitrogens is 1. The minimum Gasteiger partial charge on any atom is -0.352 e. The third-order valence-corrected chi connectivity index (χ3v) is 3.53. The molecule has 2 rings (SSSR count). The van der Waals surface area contributed by atoms with E-state index in [1.807, 2.05) is 0 Å². The average Bonchev–Trinajstić information content (AvgIpc) is 2.32. The number of anilines is 1. The fourth-order valence-corrected chi connectivity index (χ4v) is 2.32. The van der Waals surface area contributed by atoms with Crippen molar-refractivity contribution in [2.45, 2.75) is 39.2 Å². The van der Waals surface area contributed by atoms with Crippen LogP contribution in [-0.4, -0.2) is 24.1 Å². The van der Waals surface area contributed by atoms with Gasteiger partial charge in [-0.25, -0.2) is 4.98 Å². The van der Waals surface area contributed by atoms with Crippen LogP contribution in [0.15, 0.2) is 12.1 Å². The summed E-state index contributed by atoms with van der Waals surface area (Å²) in [6.45, 7) is 5.99. The van der Waals surface area contributed by atoms with Crippen molar-refractivity contribution in [1.29, 1.82) is 0 Å². The van der Waals surface area contributed by atoms with Crippen LogP contribution in [0.4, 0.5) is 5.82 Å². The van der Waals surface area contributed by atoms with Gasteiger partial charge in [-0.15, -0.1) is 0 Å². The topological polar surface area (TPSA) is 42.1 Å². The summed E-state index contributed by atoms with van der Waals surface area (Å²) in [6, 6.07) is 4.75. The van der Waals surface area contributed by atoms with E-state index in [9.17, 15) is 0 Å². The lowest BCUT2D eigenvalue weighted by Crippen LogP contribution is -2.44. The molecule has 2 heterocycles. The van der Waals surface area contributed by atoms with Crippen LogP contribution in [0.2, 0.25) is 0 Å². The fourth-order valence-electron chi connectivity index (χ4n) is 2.32. The van der Waals surface area contributed by atoms with Crippen LogP contribution in [0, 0.1) is 13.8 Å². The molecule has 0 aromatic carbocycles. The summed E-state index contributed by atoms with van der Waals surface area (Å²) < 4.78 is 0. The van der Waals surface area contributed by atoms with Crippen molar-refractivity contribution in [3.8, 4) is 0 Å². The Bertz CT molecular complexity index is 362. The standard InChI is InChI=1S/C13H21N3/c1-10-6-7-13(15-11(10)2)16-8-4-3-5-12(16)9-14/h6-7,12H,3-5,8-9,14H2,1-2H3. The minimum absolute atomic E-state index is 0.475. The van der Waals surface area contributed by atoms with Gasteiger partial charge in [0.25, 0.3) is 0 Å². The number of nitrogens with two attached hydrogens (primary N) is 1. The molecule has 1 aliphatic rings. The zero-order chi connectivity index (χ0) is 11.5. The molecule has 0 amide bonds. The van der Waals surface area contributed by atoms with E-state index in [1.54, 1.807) is 0 Å². The Labute approximate surface area is 97.7 Å². The van der Waals surface area contributed by atoms with E-state index in [2.05, 4.69) is 35.9 Å². The monoisotopic (exact) mass is 219 g/mol. The van der Waals surface area contributed by atoms with E-state index in [0.29, 0.717) is 6.04 Å². The molecule has 0 radical (unpaired) electrons. The summed E-state index contributed by atoms with van der Waals surface area (Å²) >= 11 is 0. The van der Waals surface area contributed by atoms with Crippen molar-refractivity contribution >= 4 is 5.82 Å². The summed E-state index contributed by atoms with van der Waals surface area (Å²) in [5, 5.41) is 0. The molecule has 3 nitrogen and oxygen atoms in total. The van der Waals surface area contributed by atoms with E-state index < -0.39 is 0 Å². The molecule has 3 heteroatoms. The van der Waals surface area contributed by atoms with Crippen molar-refractivity contribution < 1.29 is 0 Å². The molecular formula is C13H21N3. The molecule has 0 aliphatic carbocycles. The van der Waals surface area contributed by atoms with Gasteiger partial charge in [0.05, 0.1) is 0 Å². The highest BCUT2D eigenvalue weighted by atomic mass is 15.2. The number of nitrogens with zero attached hydrogens (tertiary/aromatic N) is 2. The fraction of sp³-hybridized carbons (Fsp3) is 0.615. The Balaban J connectivity index is 2.23. The van der Waals surface area contributed by atoms with Crippen molar-refractivity contribution in [3.05, 3.63) is 23.4 Å². The lowest BCUT2D eigenvalue weighted by molar-refractivity contribution is 0.462. The minimum atomic E-state index is 0.475. The molecule has 0 bridgehead atoms. The summed E-state index contributed by atoms with van der Waals surface area (Å²) in [6.07, 6.45) is 3.75. The molecule has 0 saturated carbocycles. The van der Waals surface area contributed by atoms with Crippen molar-refractivity contribution in [1.82, 2.24) is 4.98 Å². The first-order valence-electron chi connectivity index (χ1n) is 6.13. The Morgan fingerprint density at radius 3 is 2.88 bits per heavy atom. The van der Waals surface area contributed by atoms with Gasteiger partial charge in [0.15, 0.2) is 0 Å². The van der Waals surface area contributed by atoms with Crippen LogP contribution >= 0.6 is 0 Å². The lowest BCUT2D eigenvalue weighted by atomic mass is 10.0. The zero-order valence-electron chi connectivity index (χ0n) is 10.2. The van der Waals surface area contributed by atoms with Gasteiger partial charge in [-0.05, 0) is 44.7 Å². The SMILES string of the molecule is Cc1ccc(N2CCCCC2CN)nc1C. The molecule has 2 N–H and O–H groups in total. The molecule has 1 aromatic rings. The molecule has 0 spiro atoms. The number of rotatable bonds is 2. The maximum atomic E-state index is 5.83. The van der Waals surface area contributed by atoms with E-state index in [0.717, 1.165) is 24.6 Å². The highest BCUT2D eigenvalue weighted by Crippen LogP contribution is 2.23. The molecule has 1 aliphatic heterocycles. The number of piperidine rings is 1. The van der Waals surface area contributed by atoms with Gasteiger partial charge in [0.2, 0.25) is 0 Å². The van der Waals surface area contributed by atoms with Crippen LogP contribution < -0.4 is 10.6 Å². The second kappa shape index (κ2) is 4.83. The summed E-state index contributed by atoms with van der Waals surface area (Å²) in [5.41, 5.74) is 8.21. The van der Waals surface area contributed by atoms with Crippen LogP contribution in [0.1, 0.15) is 30.5 Å². The van der Waals surface area contributed by atoms with E-state index in [-0.39, 0.29) is 0 Å². The number of pyridine rings is 1. The third-order valence-electron chi connectivity index (χ3n) is 3.53. The van der Waals surface area contributed by atoms with Gasteiger partial charge in [-0.3, -0.25) is 0 Å². The number of aryl methyl sites for hydroxylation is 2. The van der Waals surface area contributed by atoms with Gasteiger partial charge in [-0.1, -0.05) is 6.07 Å². The quantitative estimate of drug-likeness (QED) is 0.827. The van der Waals surface area contributed by atoms with Gasteiger partial charge in [-0.2, -0.15) is 0 Å². The van der Waals surface area contributed by atoms with Crippen LogP contribution in [0.25, 0.3) is 0 Å². The van der Waals surface area contributed by atoms with Crippen molar-refractivity contribution in [3.63, 3.8) is 0 Å². The number of hydrogen-bond acceptors (Lipinski definition) is 3. The molecular weight excluding hydrogens is 198 g/mol. The lowest BCUT2D eigenvalue weighted by Gasteiger charge is -2.36. The maximum absolute atomic E-state index is 5.83. The maximum Gasteiger partial charge on any atom is 0.129 e. The third kappa shape index (κ3) is 2.19. The predicted molar refractivity (Wildman–Crippen MR) is 67.8 cm³/mol. The first-order chi connectivity index (χ1) is 7.72. The van der Waals surface area contributed by atoms with E-state index in [4.69, 9.17) is 5.73 Å². The molecule has 88 valence electrons. The highest BCUT2D eigenvalue weighted by molar-refractivity contribution is 5.43. The largest absolute Gasteiger partial charge is 0.352 e. The van der Waals surface area contributed by atoms with Gasteiger partial charge in [0.1, 0.15) is 5.82 Å². The van der Waals surface area contributed by atoms with Gasteiger partial charge >= 0.3 is 0 Å². The Kier molecular flexibility index (Phi) is 3.44. The summed E-state index contributed by atoms with van der Waals surface area (Å²) in [4.78, 5) is 7.04. The van der Waals surface area contributed by atoms with Gasteiger partial charge < -0.3 is 10.6 Å². The van der Waals surface area contributed by atoms with E-state index >= 15 is 0 Å². The Hall–Kier alpha value is -1.09. The summed E-state index contributed by atoms with van der Waals surface area (Å²) in [7, 11) is 0. The molecule has 1 saturated heterocycles. The van der Waals surface area contributed by atoms with Crippen molar-refractivity contribution in [2.75, 3.05) is 18.0 Å². The molecule has 16 heavy (non-hydrogen) atoms. The average molecular weight is 219 g/mol. The first kappa shape index (κ1) is 11.4. The van der Waals surface area contributed by atoms with Crippen LogP contribution in [0.5, 0.6) is 0 Å². The summed E-state index contributed by atoms with van der Waals surface area (Å²) in [5.74, 6) is 1.10. The Morgan fingerprint density at radius 1 is 1.38 bits per heavy atom. The highest BCUT2D eigenvalue weighted by Gasteiger charge is 2.22. The van der Waals surface area contributed by atoms with Crippen LogP contribution in [0.3, 0.4) is 0 Å². The van der Waals surface area contributed by atoms with E-state index in [1.165, 1.54) is 24.8 Å². The second-order valence-corrected chi connectivity index (χ2v) is 4.65. The number of hydrogen-bond donors (Lipinski definition) is 1. The zero-order valence-corrected chi connectivity index (χ0v) is 10.2. The second-order valence-electron chi connectivity index (χ2n) is 4.65. The normalized spacial score (nSPS) is 21.2. The molecule has 1 atom stereocenters. The van der Waals surface area contributed by atoms with Crippen molar-refractivity contribution in [2.24, 2.45) is 5.73 Å². The molecule has 1 unspecified atom stereocenters. The van der Waals surface area contributed by atoms with Gasteiger partial charge in [0, 0.05) is 24.8 Å². The van der Waals surface area contributed by atoms with Crippen LogP contribution in [-0.2, 0) is 0 Å². The first-order valence-corrected chi connectivity index (χ1v) is 6.13. The predicted octanol–water partition coefficient (Wildman–Crippen LogP) is 2.02. The smallest absolute Gasteiger partial charge is 0.129 e.